The molecule has 0 bridgehead atoms. The standard InChI is InChI=1S/C10H14N2O2S/c11-6-8(9(12)15)10(13)14-7-4-2-1-3-5-7/h7,15H,1-5,12H2/b9-8-. The predicted molar refractivity (Wildman–Crippen MR) is 58.8 cm³/mol. The van der Waals surface area contributed by atoms with Crippen LogP contribution in [0.15, 0.2) is 10.6 Å². The van der Waals surface area contributed by atoms with E-state index in [0.29, 0.717) is 0 Å². The number of nitrogens with zero attached hydrogens (tertiary/aromatic N) is 1. The zero-order chi connectivity index (χ0) is 11.3. The number of nitrogens with two attached hydrogens (primary N) is 1. The van der Waals surface area contributed by atoms with Crippen LogP contribution < -0.4 is 5.73 Å². The van der Waals surface area contributed by atoms with Crippen LogP contribution in [0.2, 0.25) is 0 Å². The number of ether oxygens (including phenoxy) is 1. The second-order valence-electron chi connectivity index (χ2n) is 3.54. The Morgan fingerprint density at radius 3 is 2.47 bits per heavy atom. The van der Waals surface area contributed by atoms with E-state index in [9.17, 15) is 4.79 Å². The number of nitriles is 1. The summed E-state index contributed by atoms with van der Waals surface area (Å²) in [4.78, 5) is 11.5. The Balaban J connectivity index is 2.55. The molecule has 0 radical (unpaired) electrons. The number of hydrogen-bond donors (Lipinski definition) is 2. The first-order valence-electron chi connectivity index (χ1n) is 4.95. The second kappa shape index (κ2) is 5.66. The number of rotatable bonds is 2. The smallest absolute Gasteiger partial charge is 0.351 e. The average Bonchev–Trinajstić information content (AvgIpc) is 2.19. The molecule has 1 fully saturated rings. The van der Waals surface area contributed by atoms with E-state index in [-0.39, 0.29) is 16.7 Å². The molecule has 0 aromatic heterocycles. The van der Waals surface area contributed by atoms with Crippen molar-refractivity contribution in [3.63, 3.8) is 0 Å². The number of esters is 1. The molecule has 1 aliphatic rings. The highest BCUT2D eigenvalue weighted by Crippen LogP contribution is 2.21. The summed E-state index contributed by atoms with van der Waals surface area (Å²) in [6.45, 7) is 0. The molecule has 2 N–H and O–H groups in total. The molecule has 0 amide bonds. The van der Waals surface area contributed by atoms with Gasteiger partial charge < -0.3 is 10.5 Å². The Morgan fingerprint density at radius 1 is 1.40 bits per heavy atom. The van der Waals surface area contributed by atoms with Crippen molar-refractivity contribution in [1.29, 1.82) is 5.26 Å². The summed E-state index contributed by atoms with van der Waals surface area (Å²) in [5.41, 5.74) is 5.07. The minimum absolute atomic E-state index is 0.0673. The van der Waals surface area contributed by atoms with Crippen molar-refractivity contribution in [3.05, 3.63) is 10.6 Å². The summed E-state index contributed by atoms with van der Waals surface area (Å²) in [6.07, 6.45) is 5.00. The minimum Gasteiger partial charge on any atom is -0.458 e. The Labute approximate surface area is 94.5 Å². The van der Waals surface area contributed by atoms with Crippen molar-refractivity contribution in [2.75, 3.05) is 0 Å². The van der Waals surface area contributed by atoms with E-state index < -0.39 is 5.97 Å². The maximum atomic E-state index is 11.5. The predicted octanol–water partition coefficient (Wildman–Crippen LogP) is 1.49. The molecule has 1 saturated carbocycles. The minimum atomic E-state index is -0.656. The van der Waals surface area contributed by atoms with Crippen LogP contribution in [0.3, 0.4) is 0 Å². The lowest BCUT2D eigenvalue weighted by atomic mass is 9.98. The van der Waals surface area contributed by atoms with Gasteiger partial charge in [0.15, 0.2) is 5.57 Å². The summed E-state index contributed by atoms with van der Waals surface area (Å²) >= 11 is 3.76. The van der Waals surface area contributed by atoms with Gasteiger partial charge in [0.05, 0.1) is 5.03 Å². The number of hydrogen-bond acceptors (Lipinski definition) is 5. The third-order valence-electron chi connectivity index (χ3n) is 2.40. The van der Waals surface area contributed by atoms with E-state index in [0.717, 1.165) is 25.7 Å². The molecule has 0 atom stereocenters. The number of carbonyl (C=O) groups is 1. The average molecular weight is 226 g/mol. The highest BCUT2D eigenvalue weighted by molar-refractivity contribution is 7.84. The zero-order valence-electron chi connectivity index (χ0n) is 8.40. The van der Waals surface area contributed by atoms with Crippen LogP contribution in [0, 0.1) is 11.3 Å². The van der Waals surface area contributed by atoms with Crippen molar-refractivity contribution in [3.8, 4) is 6.07 Å². The van der Waals surface area contributed by atoms with Gasteiger partial charge >= 0.3 is 5.97 Å². The normalized spacial score (nSPS) is 18.9. The Kier molecular flexibility index (Phi) is 4.50. The lowest BCUT2D eigenvalue weighted by molar-refractivity contribution is -0.145. The Bertz CT molecular complexity index is 310. The lowest BCUT2D eigenvalue weighted by Crippen LogP contribution is -2.22. The van der Waals surface area contributed by atoms with Gasteiger partial charge in [0.25, 0.3) is 0 Å². The fraction of sp³-hybridized carbons (Fsp3) is 0.600. The van der Waals surface area contributed by atoms with E-state index >= 15 is 0 Å². The van der Waals surface area contributed by atoms with Gasteiger partial charge in [-0.3, -0.25) is 0 Å². The van der Waals surface area contributed by atoms with Gasteiger partial charge in [0.1, 0.15) is 12.2 Å². The van der Waals surface area contributed by atoms with Crippen molar-refractivity contribution in [2.45, 2.75) is 38.2 Å². The first-order chi connectivity index (χ1) is 7.15. The summed E-state index contributed by atoms with van der Waals surface area (Å²) in [5, 5.41) is 8.57. The van der Waals surface area contributed by atoms with E-state index in [1.54, 1.807) is 6.07 Å². The van der Waals surface area contributed by atoms with Crippen LogP contribution in [-0.4, -0.2) is 12.1 Å². The summed E-state index contributed by atoms with van der Waals surface area (Å²) in [7, 11) is 0. The van der Waals surface area contributed by atoms with Crippen molar-refractivity contribution >= 4 is 18.6 Å². The van der Waals surface area contributed by atoms with Crippen LogP contribution >= 0.6 is 12.6 Å². The summed E-state index contributed by atoms with van der Waals surface area (Å²) in [6, 6.07) is 1.69. The van der Waals surface area contributed by atoms with Crippen LogP contribution in [0.5, 0.6) is 0 Å². The third-order valence-corrected chi connectivity index (χ3v) is 2.62. The first kappa shape index (κ1) is 11.9. The van der Waals surface area contributed by atoms with E-state index in [2.05, 4.69) is 12.6 Å². The van der Waals surface area contributed by atoms with Gasteiger partial charge in [-0.1, -0.05) is 6.42 Å². The molecule has 15 heavy (non-hydrogen) atoms. The zero-order valence-corrected chi connectivity index (χ0v) is 9.30. The lowest BCUT2D eigenvalue weighted by Gasteiger charge is -2.21. The molecule has 0 aliphatic heterocycles. The number of carbonyl (C=O) groups excluding carboxylic acids is 1. The highest BCUT2D eigenvalue weighted by Gasteiger charge is 2.21. The fourth-order valence-corrected chi connectivity index (χ4v) is 1.74. The van der Waals surface area contributed by atoms with E-state index in [1.807, 2.05) is 0 Å². The largest absolute Gasteiger partial charge is 0.458 e. The van der Waals surface area contributed by atoms with Crippen LogP contribution in [0.1, 0.15) is 32.1 Å². The monoisotopic (exact) mass is 226 g/mol. The van der Waals surface area contributed by atoms with E-state index in [4.69, 9.17) is 15.7 Å². The van der Waals surface area contributed by atoms with Crippen LogP contribution in [0.25, 0.3) is 0 Å². The molecule has 0 saturated heterocycles. The SMILES string of the molecule is N#C/C(C(=O)OC1CCCCC1)=C(\N)S. The van der Waals surface area contributed by atoms with Crippen molar-refractivity contribution in [2.24, 2.45) is 5.73 Å². The van der Waals surface area contributed by atoms with Gasteiger partial charge in [-0.2, -0.15) is 5.26 Å². The molecule has 0 unspecified atom stereocenters. The molecular formula is C10H14N2O2S. The van der Waals surface area contributed by atoms with Crippen molar-refractivity contribution < 1.29 is 9.53 Å². The topological polar surface area (TPSA) is 76.1 Å². The third kappa shape index (κ3) is 3.48. The maximum Gasteiger partial charge on any atom is 0.351 e. The molecular weight excluding hydrogens is 212 g/mol. The maximum absolute atomic E-state index is 11.5. The van der Waals surface area contributed by atoms with Gasteiger partial charge in [0, 0.05) is 0 Å². The summed E-state index contributed by atoms with van der Waals surface area (Å²) in [5.74, 6) is -0.656. The molecule has 5 heteroatoms. The molecule has 0 aromatic rings. The quantitative estimate of drug-likeness (QED) is 0.324. The highest BCUT2D eigenvalue weighted by atomic mass is 32.1. The second-order valence-corrected chi connectivity index (χ2v) is 4.02. The molecule has 1 aliphatic carbocycles. The molecule has 1 rings (SSSR count). The molecule has 82 valence electrons. The van der Waals surface area contributed by atoms with Crippen molar-refractivity contribution in [1.82, 2.24) is 0 Å². The Morgan fingerprint density at radius 2 is 2.00 bits per heavy atom. The first-order valence-corrected chi connectivity index (χ1v) is 5.39. The Hall–Kier alpha value is -1.15. The van der Waals surface area contributed by atoms with Crippen LogP contribution in [0.4, 0.5) is 0 Å². The van der Waals surface area contributed by atoms with Gasteiger partial charge in [-0.05, 0) is 25.7 Å². The molecule has 0 aromatic carbocycles. The number of thiol groups is 1. The molecule has 4 nitrogen and oxygen atoms in total. The van der Waals surface area contributed by atoms with Crippen LogP contribution in [-0.2, 0) is 9.53 Å². The fourth-order valence-electron chi connectivity index (χ4n) is 1.60. The van der Waals surface area contributed by atoms with E-state index in [1.165, 1.54) is 6.42 Å². The summed E-state index contributed by atoms with van der Waals surface area (Å²) < 4.78 is 5.16. The van der Waals surface area contributed by atoms with Gasteiger partial charge in [0.2, 0.25) is 0 Å². The van der Waals surface area contributed by atoms with Gasteiger partial charge in [-0.25, -0.2) is 4.79 Å². The molecule has 0 spiro atoms. The molecule has 0 heterocycles. The van der Waals surface area contributed by atoms with Gasteiger partial charge in [-0.15, -0.1) is 12.6 Å².